The largest absolute Gasteiger partial charge is 0.243 e. The van der Waals surface area contributed by atoms with Gasteiger partial charge in [-0.1, -0.05) is 43.0 Å². The molecule has 1 heteroatoms. The van der Waals surface area contributed by atoms with Gasteiger partial charge in [-0.2, -0.15) is 0 Å². The van der Waals surface area contributed by atoms with E-state index >= 15 is 0 Å². The van der Waals surface area contributed by atoms with Crippen LogP contribution in [-0.2, 0) is 6.42 Å². The first-order valence-electron chi connectivity index (χ1n) is 4.56. The summed E-state index contributed by atoms with van der Waals surface area (Å²) in [5.41, 5.74) is 1.26. The Morgan fingerprint density at radius 3 is 2.62 bits per heavy atom. The summed E-state index contributed by atoms with van der Waals surface area (Å²) in [6.07, 6.45) is 2.45. The molecule has 1 radical (unpaired) electrons. The summed E-state index contributed by atoms with van der Waals surface area (Å²) in [4.78, 5) is 0. The predicted molar refractivity (Wildman–Crippen MR) is 53.1 cm³/mol. The molecule has 0 aliphatic rings. The molecule has 1 rings (SSSR count). The molecule has 0 saturated heterocycles. The number of allylic oxidation sites excluding steroid dienone is 1. The maximum atomic E-state index is 12.7. The lowest BCUT2D eigenvalue weighted by Gasteiger charge is -2.02. The highest BCUT2D eigenvalue weighted by Gasteiger charge is 1.99. The van der Waals surface area contributed by atoms with Crippen LogP contribution in [0.15, 0.2) is 36.4 Å². The fourth-order valence-corrected chi connectivity index (χ4v) is 1.24. The van der Waals surface area contributed by atoms with E-state index in [0.717, 1.165) is 18.9 Å². The molecule has 0 fully saturated rings. The lowest BCUT2D eigenvalue weighted by molar-refractivity contribution is 0.370. The second-order valence-electron chi connectivity index (χ2n) is 3.09. The Balaban J connectivity index is 2.24. The van der Waals surface area contributed by atoms with Crippen LogP contribution in [0.3, 0.4) is 0 Å². The van der Waals surface area contributed by atoms with Crippen molar-refractivity contribution in [1.82, 2.24) is 0 Å². The summed E-state index contributed by atoms with van der Waals surface area (Å²) in [5, 5.41) is 0. The standard InChI is InChI=1S/C12H14F/c1-2-12(13)10-6-9-11-7-4-3-5-8-11/h1-5,7-8,12H,6,9-10H2. The number of rotatable bonds is 5. The molecule has 1 aromatic carbocycles. The van der Waals surface area contributed by atoms with Crippen molar-refractivity contribution in [3.63, 3.8) is 0 Å². The molecule has 0 spiro atoms. The lowest BCUT2D eigenvalue weighted by Crippen LogP contribution is -1.95. The van der Waals surface area contributed by atoms with Gasteiger partial charge in [-0.3, -0.25) is 0 Å². The Labute approximate surface area is 79.1 Å². The van der Waals surface area contributed by atoms with Gasteiger partial charge in [-0.15, -0.1) is 0 Å². The first-order valence-corrected chi connectivity index (χ1v) is 4.56. The summed E-state index contributed by atoms with van der Waals surface area (Å²) in [6.45, 7) is 5.05. The SMILES string of the molecule is [CH]=CC(F)CCCc1ccccc1. The number of aryl methyl sites for hydroxylation is 1. The van der Waals surface area contributed by atoms with Gasteiger partial charge in [-0.05, 0) is 24.8 Å². The highest BCUT2D eigenvalue weighted by atomic mass is 19.1. The van der Waals surface area contributed by atoms with Crippen LogP contribution >= 0.6 is 0 Å². The molecule has 1 aromatic rings. The van der Waals surface area contributed by atoms with Crippen molar-refractivity contribution >= 4 is 0 Å². The predicted octanol–water partition coefficient (Wildman–Crippen LogP) is 3.34. The van der Waals surface area contributed by atoms with Crippen molar-refractivity contribution in [2.45, 2.75) is 25.4 Å². The average molecular weight is 177 g/mol. The monoisotopic (exact) mass is 177 g/mol. The maximum Gasteiger partial charge on any atom is 0.119 e. The van der Waals surface area contributed by atoms with E-state index in [1.165, 1.54) is 5.56 Å². The molecule has 0 nitrogen and oxygen atoms in total. The molecular formula is C12H14F. The zero-order valence-corrected chi connectivity index (χ0v) is 7.62. The Morgan fingerprint density at radius 2 is 2.00 bits per heavy atom. The van der Waals surface area contributed by atoms with Crippen LogP contribution in [0.25, 0.3) is 0 Å². The third-order valence-corrected chi connectivity index (χ3v) is 2.00. The molecular weight excluding hydrogens is 163 g/mol. The Hall–Kier alpha value is -1.11. The van der Waals surface area contributed by atoms with E-state index in [1.54, 1.807) is 0 Å². The molecule has 0 amide bonds. The van der Waals surface area contributed by atoms with E-state index < -0.39 is 6.17 Å². The van der Waals surface area contributed by atoms with Gasteiger partial charge in [0.2, 0.25) is 0 Å². The molecule has 0 bridgehead atoms. The quantitative estimate of drug-likeness (QED) is 0.647. The number of alkyl halides is 1. The van der Waals surface area contributed by atoms with Gasteiger partial charge >= 0.3 is 0 Å². The van der Waals surface area contributed by atoms with E-state index in [-0.39, 0.29) is 0 Å². The molecule has 0 N–H and O–H groups in total. The first kappa shape index (κ1) is 9.97. The minimum Gasteiger partial charge on any atom is -0.243 e. The summed E-state index contributed by atoms with van der Waals surface area (Å²) >= 11 is 0. The summed E-state index contributed by atoms with van der Waals surface area (Å²) < 4.78 is 12.7. The minimum atomic E-state index is -0.955. The van der Waals surface area contributed by atoms with E-state index in [9.17, 15) is 4.39 Å². The van der Waals surface area contributed by atoms with Crippen LogP contribution in [0.1, 0.15) is 18.4 Å². The van der Waals surface area contributed by atoms with Crippen LogP contribution in [0, 0.1) is 6.58 Å². The molecule has 0 heterocycles. The normalized spacial score (nSPS) is 12.4. The van der Waals surface area contributed by atoms with Gasteiger partial charge in [0.1, 0.15) is 6.17 Å². The van der Waals surface area contributed by atoms with Gasteiger partial charge in [-0.25, -0.2) is 4.39 Å². The van der Waals surface area contributed by atoms with Crippen molar-refractivity contribution in [1.29, 1.82) is 0 Å². The summed E-state index contributed by atoms with van der Waals surface area (Å²) in [5.74, 6) is 0. The van der Waals surface area contributed by atoms with Crippen molar-refractivity contribution < 1.29 is 4.39 Å². The van der Waals surface area contributed by atoms with E-state index in [1.807, 2.05) is 18.2 Å². The van der Waals surface area contributed by atoms with Crippen molar-refractivity contribution in [2.75, 3.05) is 0 Å². The second kappa shape index (κ2) is 5.52. The number of benzene rings is 1. The van der Waals surface area contributed by atoms with Crippen LogP contribution in [0.4, 0.5) is 4.39 Å². The highest BCUT2D eigenvalue weighted by molar-refractivity contribution is 5.14. The Kier molecular flexibility index (Phi) is 4.24. The second-order valence-corrected chi connectivity index (χ2v) is 3.09. The third-order valence-electron chi connectivity index (χ3n) is 2.00. The molecule has 0 aromatic heterocycles. The molecule has 13 heavy (non-hydrogen) atoms. The maximum absolute atomic E-state index is 12.7. The van der Waals surface area contributed by atoms with Crippen LogP contribution in [0.5, 0.6) is 0 Å². The third kappa shape index (κ3) is 3.88. The summed E-state index contributed by atoms with van der Waals surface area (Å²) in [7, 11) is 0. The number of hydrogen-bond donors (Lipinski definition) is 0. The van der Waals surface area contributed by atoms with Crippen LogP contribution in [0.2, 0.25) is 0 Å². The molecule has 0 aliphatic heterocycles. The van der Waals surface area contributed by atoms with Crippen molar-refractivity contribution in [3.8, 4) is 0 Å². The van der Waals surface area contributed by atoms with E-state index in [2.05, 4.69) is 12.1 Å². The van der Waals surface area contributed by atoms with Gasteiger partial charge in [0, 0.05) is 0 Å². The van der Waals surface area contributed by atoms with Gasteiger partial charge in [0.15, 0.2) is 0 Å². The van der Waals surface area contributed by atoms with Gasteiger partial charge < -0.3 is 0 Å². The van der Waals surface area contributed by atoms with E-state index in [0.29, 0.717) is 6.42 Å². The topological polar surface area (TPSA) is 0 Å². The number of hydrogen-bond acceptors (Lipinski definition) is 0. The Morgan fingerprint density at radius 1 is 1.31 bits per heavy atom. The molecule has 1 unspecified atom stereocenters. The fourth-order valence-electron chi connectivity index (χ4n) is 1.24. The zero-order chi connectivity index (χ0) is 9.52. The summed E-state index contributed by atoms with van der Waals surface area (Å²) in [6, 6.07) is 10.1. The molecule has 0 saturated carbocycles. The minimum absolute atomic E-state index is 0.519. The smallest absolute Gasteiger partial charge is 0.119 e. The Bertz CT molecular complexity index is 241. The molecule has 1 atom stereocenters. The van der Waals surface area contributed by atoms with Gasteiger partial charge in [0.25, 0.3) is 0 Å². The molecule has 0 aliphatic carbocycles. The fraction of sp³-hybridized carbons (Fsp3) is 0.333. The first-order chi connectivity index (χ1) is 6.33. The highest BCUT2D eigenvalue weighted by Crippen LogP contribution is 2.08. The lowest BCUT2D eigenvalue weighted by atomic mass is 10.1. The van der Waals surface area contributed by atoms with Crippen molar-refractivity contribution in [2.24, 2.45) is 0 Å². The zero-order valence-electron chi connectivity index (χ0n) is 7.62. The van der Waals surface area contributed by atoms with Crippen LogP contribution < -0.4 is 0 Å². The van der Waals surface area contributed by atoms with Crippen LogP contribution in [-0.4, -0.2) is 6.17 Å². The van der Waals surface area contributed by atoms with Crippen molar-refractivity contribution in [3.05, 3.63) is 48.6 Å². The van der Waals surface area contributed by atoms with E-state index in [4.69, 9.17) is 6.58 Å². The average Bonchev–Trinajstić information content (AvgIpc) is 2.19. The van der Waals surface area contributed by atoms with Gasteiger partial charge in [0.05, 0.1) is 0 Å². The number of halogens is 1. The molecule has 69 valence electrons.